The lowest BCUT2D eigenvalue weighted by atomic mass is 9.96. The van der Waals surface area contributed by atoms with E-state index >= 15 is 0 Å². The Balaban J connectivity index is 2.83. The van der Waals surface area contributed by atoms with E-state index in [0.717, 1.165) is 25.7 Å². The van der Waals surface area contributed by atoms with E-state index in [1.165, 1.54) is 74.0 Å². The van der Waals surface area contributed by atoms with Crippen LogP contribution in [0.3, 0.4) is 0 Å². The van der Waals surface area contributed by atoms with Gasteiger partial charge in [-0.3, -0.25) is 0 Å². The zero-order chi connectivity index (χ0) is 16.9. The highest BCUT2D eigenvalue weighted by Gasteiger charge is 2.18. The molecule has 23 heavy (non-hydrogen) atoms. The molecule has 1 nitrogen and oxygen atoms in total. The van der Waals surface area contributed by atoms with Crippen molar-refractivity contribution in [1.29, 1.82) is 0 Å². The number of furan rings is 1. The molecule has 0 saturated heterocycles. The maximum absolute atomic E-state index is 6.36. The molecule has 1 aromatic rings. The van der Waals surface area contributed by atoms with Gasteiger partial charge in [-0.05, 0) is 62.5 Å². The van der Waals surface area contributed by atoms with Crippen LogP contribution >= 0.6 is 0 Å². The van der Waals surface area contributed by atoms with Crippen molar-refractivity contribution in [3.63, 3.8) is 0 Å². The van der Waals surface area contributed by atoms with Crippen LogP contribution in [-0.4, -0.2) is 0 Å². The highest BCUT2D eigenvalue weighted by atomic mass is 16.3. The monoisotopic (exact) mass is 316 g/mol. The molecular weight excluding hydrogens is 280 g/mol. The van der Waals surface area contributed by atoms with Crippen molar-refractivity contribution in [1.82, 2.24) is 0 Å². The Morgan fingerprint density at radius 3 is 1.48 bits per heavy atom. The lowest BCUT2D eigenvalue weighted by molar-refractivity contribution is 0.445. The summed E-state index contributed by atoms with van der Waals surface area (Å²) in [6.45, 7) is 12.2. The molecule has 1 heteroatoms. The smallest absolute Gasteiger partial charge is 0.107 e. The molecule has 0 aromatic carbocycles. The molecule has 0 fully saturated rings. The molecule has 1 aromatic heterocycles. The van der Waals surface area contributed by atoms with Crippen LogP contribution in [0.25, 0.3) is 0 Å². The van der Waals surface area contributed by atoms with E-state index in [0.29, 0.717) is 0 Å². The van der Waals surface area contributed by atoms with E-state index < -0.39 is 0 Å². The average molecular weight is 317 g/mol. The molecule has 0 amide bonds. The Kier molecular flexibility index (Phi) is 10.5. The molecule has 0 spiro atoms. The molecule has 0 radical (unpaired) electrons. The second-order valence-corrected chi connectivity index (χ2v) is 6.47. The van der Waals surface area contributed by atoms with Gasteiger partial charge in [-0.1, -0.05) is 38.8 Å². The van der Waals surface area contributed by atoms with Crippen LogP contribution in [0, 0.1) is 0 Å². The summed E-state index contributed by atoms with van der Waals surface area (Å²) in [6, 6.07) is 0. The highest BCUT2D eigenvalue weighted by Crippen LogP contribution is 2.29. The summed E-state index contributed by atoms with van der Waals surface area (Å²) in [4.78, 5) is 0. The summed E-state index contributed by atoms with van der Waals surface area (Å²) in [5.74, 6) is 2.55. The normalized spacial score (nSPS) is 10.9. The molecule has 1 heterocycles. The first kappa shape index (κ1) is 19.8. The highest BCUT2D eigenvalue weighted by molar-refractivity contribution is 5.34. The molecule has 0 aliphatic rings. The van der Waals surface area contributed by atoms with E-state index in [1.807, 2.05) is 12.2 Å². The fourth-order valence-corrected chi connectivity index (χ4v) is 3.24. The zero-order valence-corrected chi connectivity index (χ0v) is 15.5. The number of aryl methyl sites for hydroxylation is 2. The summed E-state index contributed by atoms with van der Waals surface area (Å²) in [7, 11) is 0. The quantitative estimate of drug-likeness (QED) is 0.266. The fourth-order valence-electron chi connectivity index (χ4n) is 3.24. The van der Waals surface area contributed by atoms with Crippen LogP contribution < -0.4 is 0 Å². The van der Waals surface area contributed by atoms with E-state index in [9.17, 15) is 0 Å². The zero-order valence-electron chi connectivity index (χ0n) is 15.5. The average Bonchev–Trinajstić information content (AvgIpc) is 2.87. The molecule has 0 atom stereocenters. The number of hydrogen-bond acceptors (Lipinski definition) is 1. The van der Waals surface area contributed by atoms with Crippen LogP contribution in [0.1, 0.15) is 87.9 Å². The summed E-state index contributed by atoms with van der Waals surface area (Å²) in [6.07, 6.45) is 18.0. The third kappa shape index (κ3) is 6.81. The van der Waals surface area contributed by atoms with E-state index in [1.54, 1.807) is 0 Å². The van der Waals surface area contributed by atoms with Gasteiger partial charge < -0.3 is 4.42 Å². The first-order chi connectivity index (χ1) is 11.3. The summed E-state index contributed by atoms with van der Waals surface area (Å²) < 4.78 is 6.36. The van der Waals surface area contributed by atoms with Gasteiger partial charge in [0.2, 0.25) is 0 Å². The number of allylic oxidation sites excluding steroid dienone is 2. The fraction of sp³-hybridized carbons (Fsp3) is 0.636. The van der Waals surface area contributed by atoms with Gasteiger partial charge in [0, 0.05) is 12.8 Å². The largest absolute Gasteiger partial charge is 0.466 e. The van der Waals surface area contributed by atoms with Crippen LogP contribution in [0.15, 0.2) is 29.7 Å². The Hall–Kier alpha value is -1.24. The van der Waals surface area contributed by atoms with Crippen LogP contribution in [0.5, 0.6) is 0 Å². The Morgan fingerprint density at radius 1 is 0.696 bits per heavy atom. The SMILES string of the molecule is C=CCCCCc1oc(CCCCC=C)c(CCC)c1CCC. The molecule has 0 aliphatic carbocycles. The van der Waals surface area contributed by atoms with Crippen molar-refractivity contribution >= 4 is 0 Å². The number of unbranched alkanes of at least 4 members (excludes halogenated alkanes) is 4. The number of rotatable bonds is 14. The Bertz CT molecular complexity index is 412. The summed E-state index contributed by atoms with van der Waals surface area (Å²) >= 11 is 0. The molecule has 1 rings (SSSR count). The summed E-state index contributed by atoms with van der Waals surface area (Å²) in [5.41, 5.74) is 3.07. The standard InChI is InChI=1S/C22H36O/c1-5-9-11-13-17-21-19(15-7-3)20(16-8-4)22(23-21)18-14-12-10-6-2/h5-6H,1-2,7-18H2,3-4H3. The molecular formula is C22H36O. The van der Waals surface area contributed by atoms with Gasteiger partial charge in [0.15, 0.2) is 0 Å². The second-order valence-electron chi connectivity index (χ2n) is 6.47. The van der Waals surface area contributed by atoms with E-state index in [2.05, 4.69) is 27.0 Å². The van der Waals surface area contributed by atoms with Gasteiger partial charge in [-0.15, -0.1) is 13.2 Å². The van der Waals surface area contributed by atoms with Gasteiger partial charge in [0.25, 0.3) is 0 Å². The van der Waals surface area contributed by atoms with Crippen molar-refractivity contribution in [2.24, 2.45) is 0 Å². The Morgan fingerprint density at radius 2 is 1.13 bits per heavy atom. The van der Waals surface area contributed by atoms with E-state index in [4.69, 9.17) is 4.42 Å². The van der Waals surface area contributed by atoms with Gasteiger partial charge in [-0.25, -0.2) is 0 Å². The molecule has 0 saturated carbocycles. The minimum Gasteiger partial charge on any atom is -0.466 e. The van der Waals surface area contributed by atoms with Crippen molar-refractivity contribution in [3.8, 4) is 0 Å². The lowest BCUT2D eigenvalue weighted by Crippen LogP contribution is -1.97. The summed E-state index contributed by atoms with van der Waals surface area (Å²) in [5, 5.41) is 0. The Labute approximate surface area is 143 Å². The van der Waals surface area contributed by atoms with Gasteiger partial charge >= 0.3 is 0 Å². The topological polar surface area (TPSA) is 13.1 Å². The third-order valence-electron chi connectivity index (χ3n) is 4.41. The minimum atomic E-state index is 1.09. The van der Waals surface area contributed by atoms with Gasteiger partial charge in [-0.2, -0.15) is 0 Å². The minimum absolute atomic E-state index is 1.09. The third-order valence-corrected chi connectivity index (χ3v) is 4.41. The van der Waals surface area contributed by atoms with Crippen molar-refractivity contribution < 1.29 is 4.42 Å². The van der Waals surface area contributed by atoms with Crippen LogP contribution in [0.4, 0.5) is 0 Å². The van der Waals surface area contributed by atoms with Crippen LogP contribution in [0.2, 0.25) is 0 Å². The maximum atomic E-state index is 6.36. The lowest BCUT2D eigenvalue weighted by Gasteiger charge is -2.05. The van der Waals surface area contributed by atoms with Crippen molar-refractivity contribution in [3.05, 3.63) is 48.0 Å². The molecule has 0 N–H and O–H groups in total. The second kappa shape index (κ2) is 12.2. The van der Waals surface area contributed by atoms with Gasteiger partial charge in [0.1, 0.15) is 11.5 Å². The molecule has 130 valence electrons. The van der Waals surface area contributed by atoms with Crippen molar-refractivity contribution in [2.45, 2.75) is 90.9 Å². The van der Waals surface area contributed by atoms with E-state index in [-0.39, 0.29) is 0 Å². The molecule has 0 bridgehead atoms. The first-order valence-electron chi connectivity index (χ1n) is 9.62. The molecule has 0 aliphatic heterocycles. The molecule has 0 unspecified atom stereocenters. The van der Waals surface area contributed by atoms with Gasteiger partial charge in [0.05, 0.1) is 0 Å². The number of hydrogen-bond donors (Lipinski definition) is 0. The van der Waals surface area contributed by atoms with Crippen molar-refractivity contribution in [2.75, 3.05) is 0 Å². The predicted octanol–water partition coefficient (Wildman–Crippen LogP) is 6.98. The first-order valence-corrected chi connectivity index (χ1v) is 9.62. The maximum Gasteiger partial charge on any atom is 0.107 e. The van der Waals surface area contributed by atoms with Crippen LogP contribution in [-0.2, 0) is 25.7 Å². The predicted molar refractivity (Wildman–Crippen MR) is 102 cm³/mol.